The zero-order valence-corrected chi connectivity index (χ0v) is 8.29. The van der Waals surface area contributed by atoms with Crippen LogP contribution in [0, 0.1) is 0 Å². The van der Waals surface area contributed by atoms with Gasteiger partial charge in [-0.2, -0.15) is 0 Å². The van der Waals surface area contributed by atoms with Gasteiger partial charge < -0.3 is 5.11 Å². The summed E-state index contributed by atoms with van der Waals surface area (Å²) in [6, 6.07) is 0. The fourth-order valence-corrected chi connectivity index (χ4v) is 1.16. The van der Waals surface area contributed by atoms with Crippen molar-refractivity contribution in [3.8, 4) is 0 Å². The molecule has 0 saturated heterocycles. The van der Waals surface area contributed by atoms with Gasteiger partial charge in [0.2, 0.25) is 5.91 Å². The van der Waals surface area contributed by atoms with E-state index in [0.29, 0.717) is 6.42 Å². The van der Waals surface area contributed by atoms with Gasteiger partial charge in [-0.15, -0.1) is 0 Å². The Morgan fingerprint density at radius 3 is 2.00 bits per heavy atom. The fraction of sp³-hybridized carbons (Fsp3) is 0.778. The number of hydrazine groups is 1. The summed E-state index contributed by atoms with van der Waals surface area (Å²) in [7, 11) is 0. The lowest BCUT2D eigenvalue weighted by Crippen LogP contribution is -2.29. The Balaban J connectivity index is 3.06. The topological polar surface area (TPSA) is 92.4 Å². The lowest BCUT2D eigenvalue weighted by atomic mass is 10.1. The number of carbonyl (C=O) groups excluding carboxylic acids is 1. The standard InChI is InChI=1S/C9H18N2O3/c10-11-8(12)6-4-2-1-3-5-7-9(13)14/h1-7,10H2,(H,11,12)(H,13,14). The molecule has 1 amide bonds. The molecule has 5 heteroatoms. The highest BCUT2D eigenvalue weighted by Crippen LogP contribution is 2.06. The van der Waals surface area contributed by atoms with E-state index in [1.54, 1.807) is 0 Å². The van der Waals surface area contributed by atoms with Crippen molar-refractivity contribution in [2.45, 2.75) is 44.9 Å². The summed E-state index contributed by atoms with van der Waals surface area (Å²) >= 11 is 0. The number of carbonyl (C=O) groups is 2. The first kappa shape index (κ1) is 12.9. The number of nitrogens with two attached hydrogens (primary N) is 1. The van der Waals surface area contributed by atoms with E-state index in [0.717, 1.165) is 32.1 Å². The molecule has 0 rings (SSSR count). The second kappa shape index (κ2) is 8.50. The van der Waals surface area contributed by atoms with E-state index in [1.807, 2.05) is 0 Å². The summed E-state index contributed by atoms with van der Waals surface area (Å²) in [6.07, 6.45) is 5.07. The number of amides is 1. The minimum Gasteiger partial charge on any atom is -0.481 e. The van der Waals surface area contributed by atoms with Crippen LogP contribution in [0.1, 0.15) is 44.9 Å². The molecular formula is C9H18N2O3. The second-order valence-corrected chi connectivity index (χ2v) is 3.23. The number of hydrogen-bond donors (Lipinski definition) is 3. The van der Waals surface area contributed by atoms with Crippen LogP contribution in [0.3, 0.4) is 0 Å². The van der Waals surface area contributed by atoms with Crippen LogP contribution in [0.15, 0.2) is 0 Å². The van der Waals surface area contributed by atoms with Crippen LogP contribution in [0.25, 0.3) is 0 Å². The summed E-state index contributed by atoms with van der Waals surface area (Å²) in [6.45, 7) is 0. The van der Waals surface area contributed by atoms with Gasteiger partial charge in [0.1, 0.15) is 0 Å². The van der Waals surface area contributed by atoms with Gasteiger partial charge in [-0.05, 0) is 12.8 Å². The van der Waals surface area contributed by atoms with Crippen molar-refractivity contribution in [1.82, 2.24) is 5.43 Å². The molecule has 0 spiro atoms. The number of carboxylic acid groups (broad SMARTS) is 1. The lowest BCUT2D eigenvalue weighted by Gasteiger charge is -2.00. The minimum absolute atomic E-state index is 0.143. The summed E-state index contributed by atoms with van der Waals surface area (Å²) in [4.78, 5) is 20.8. The van der Waals surface area contributed by atoms with E-state index in [4.69, 9.17) is 10.9 Å². The summed E-state index contributed by atoms with van der Waals surface area (Å²) in [5.41, 5.74) is 2.07. The van der Waals surface area contributed by atoms with E-state index >= 15 is 0 Å². The monoisotopic (exact) mass is 202 g/mol. The van der Waals surface area contributed by atoms with Gasteiger partial charge >= 0.3 is 5.97 Å². The molecule has 0 bridgehead atoms. The molecule has 0 unspecified atom stereocenters. The number of unbranched alkanes of at least 4 members (excludes halogenated alkanes) is 4. The molecule has 82 valence electrons. The number of rotatable bonds is 8. The van der Waals surface area contributed by atoms with Crippen molar-refractivity contribution < 1.29 is 14.7 Å². The lowest BCUT2D eigenvalue weighted by molar-refractivity contribution is -0.137. The molecule has 0 aliphatic carbocycles. The van der Waals surface area contributed by atoms with Crippen LogP contribution in [0.4, 0.5) is 0 Å². The van der Waals surface area contributed by atoms with Crippen molar-refractivity contribution in [3.05, 3.63) is 0 Å². The first-order valence-corrected chi connectivity index (χ1v) is 4.88. The highest BCUT2D eigenvalue weighted by atomic mass is 16.4. The van der Waals surface area contributed by atoms with E-state index in [9.17, 15) is 9.59 Å². The molecule has 5 nitrogen and oxygen atoms in total. The Kier molecular flexibility index (Phi) is 7.83. The molecule has 0 atom stereocenters. The van der Waals surface area contributed by atoms with E-state index in [1.165, 1.54) is 0 Å². The second-order valence-electron chi connectivity index (χ2n) is 3.23. The highest BCUT2D eigenvalue weighted by Gasteiger charge is 1.99. The minimum atomic E-state index is -0.743. The Hall–Kier alpha value is -1.10. The average molecular weight is 202 g/mol. The third-order valence-electron chi connectivity index (χ3n) is 1.96. The number of hydrogen-bond acceptors (Lipinski definition) is 3. The van der Waals surface area contributed by atoms with Gasteiger partial charge in [0.25, 0.3) is 0 Å². The van der Waals surface area contributed by atoms with Gasteiger partial charge in [-0.25, -0.2) is 5.84 Å². The van der Waals surface area contributed by atoms with Crippen molar-refractivity contribution in [2.24, 2.45) is 5.84 Å². The van der Waals surface area contributed by atoms with Crippen LogP contribution in [0.5, 0.6) is 0 Å². The molecular weight excluding hydrogens is 184 g/mol. The van der Waals surface area contributed by atoms with Crippen LogP contribution in [0.2, 0.25) is 0 Å². The molecule has 0 heterocycles. The molecule has 0 aliphatic rings. The Bertz CT molecular complexity index is 183. The molecule has 0 aromatic rings. The van der Waals surface area contributed by atoms with E-state index in [2.05, 4.69) is 5.43 Å². The molecule has 14 heavy (non-hydrogen) atoms. The molecule has 0 aromatic heterocycles. The third-order valence-corrected chi connectivity index (χ3v) is 1.96. The van der Waals surface area contributed by atoms with Gasteiger partial charge in [-0.3, -0.25) is 15.0 Å². The van der Waals surface area contributed by atoms with Gasteiger partial charge in [0, 0.05) is 12.8 Å². The summed E-state index contributed by atoms with van der Waals surface area (Å²) < 4.78 is 0. The predicted octanol–water partition coefficient (Wildman–Crippen LogP) is 0.792. The molecule has 4 N–H and O–H groups in total. The van der Waals surface area contributed by atoms with Crippen molar-refractivity contribution >= 4 is 11.9 Å². The SMILES string of the molecule is NNC(=O)CCCCCCCC(=O)O. The van der Waals surface area contributed by atoms with Crippen molar-refractivity contribution in [2.75, 3.05) is 0 Å². The van der Waals surface area contributed by atoms with Crippen LogP contribution >= 0.6 is 0 Å². The first-order valence-electron chi connectivity index (χ1n) is 4.88. The smallest absolute Gasteiger partial charge is 0.303 e. The Morgan fingerprint density at radius 2 is 1.50 bits per heavy atom. The quantitative estimate of drug-likeness (QED) is 0.235. The zero-order chi connectivity index (χ0) is 10.8. The largest absolute Gasteiger partial charge is 0.481 e. The van der Waals surface area contributed by atoms with Gasteiger partial charge in [0.15, 0.2) is 0 Å². The molecule has 0 aliphatic heterocycles. The van der Waals surface area contributed by atoms with Crippen molar-refractivity contribution in [3.63, 3.8) is 0 Å². The van der Waals surface area contributed by atoms with Crippen LogP contribution in [-0.4, -0.2) is 17.0 Å². The zero-order valence-electron chi connectivity index (χ0n) is 8.29. The fourth-order valence-electron chi connectivity index (χ4n) is 1.16. The van der Waals surface area contributed by atoms with Crippen LogP contribution in [-0.2, 0) is 9.59 Å². The highest BCUT2D eigenvalue weighted by molar-refractivity contribution is 5.75. The average Bonchev–Trinajstić information content (AvgIpc) is 2.15. The molecule has 0 fully saturated rings. The first-order chi connectivity index (χ1) is 6.66. The van der Waals surface area contributed by atoms with Gasteiger partial charge in [0.05, 0.1) is 0 Å². The molecule has 0 radical (unpaired) electrons. The third kappa shape index (κ3) is 8.99. The maximum Gasteiger partial charge on any atom is 0.303 e. The van der Waals surface area contributed by atoms with Crippen molar-refractivity contribution in [1.29, 1.82) is 0 Å². The maximum atomic E-state index is 10.7. The van der Waals surface area contributed by atoms with E-state index < -0.39 is 5.97 Å². The van der Waals surface area contributed by atoms with Crippen LogP contribution < -0.4 is 11.3 Å². The summed E-state index contributed by atoms with van der Waals surface area (Å²) in [5.74, 6) is 4.02. The number of aliphatic carboxylic acids is 1. The molecule has 0 aromatic carbocycles. The Morgan fingerprint density at radius 1 is 1.00 bits per heavy atom. The predicted molar refractivity (Wildman–Crippen MR) is 52.3 cm³/mol. The Labute approximate surface area is 83.6 Å². The molecule has 0 saturated carbocycles. The maximum absolute atomic E-state index is 10.7. The van der Waals surface area contributed by atoms with E-state index in [-0.39, 0.29) is 12.3 Å². The van der Waals surface area contributed by atoms with Gasteiger partial charge in [-0.1, -0.05) is 19.3 Å². The number of nitrogens with one attached hydrogen (secondary N) is 1. The summed E-state index contributed by atoms with van der Waals surface area (Å²) in [5, 5.41) is 8.35. The number of carboxylic acids is 1. The normalized spacial score (nSPS) is 9.79.